The van der Waals surface area contributed by atoms with E-state index >= 15 is 0 Å². The summed E-state index contributed by atoms with van der Waals surface area (Å²) in [6.07, 6.45) is 0.185. The van der Waals surface area contributed by atoms with E-state index in [4.69, 9.17) is 5.73 Å². The van der Waals surface area contributed by atoms with Gasteiger partial charge in [0.25, 0.3) is 5.91 Å². The lowest BCUT2D eigenvalue weighted by atomic mass is 10.1. The molecule has 9 heteroatoms. The third kappa shape index (κ3) is 3.77. The van der Waals surface area contributed by atoms with Gasteiger partial charge in [-0.2, -0.15) is 0 Å². The maximum atomic E-state index is 12.4. The van der Waals surface area contributed by atoms with E-state index in [-0.39, 0.29) is 29.8 Å². The number of nitrogens with two attached hydrogens (primary N) is 1. The zero-order chi connectivity index (χ0) is 18.0. The van der Waals surface area contributed by atoms with Gasteiger partial charge in [-0.05, 0) is 18.2 Å². The van der Waals surface area contributed by atoms with E-state index in [1.165, 1.54) is 12.1 Å². The van der Waals surface area contributed by atoms with Crippen molar-refractivity contribution in [2.75, 3.05) is 25.0 Å². The number of likely N-dealkylation sites (tertiary alicyclic amines) is 1. The molecule has 5 N–H and O–H groups in total. The maximum absolute atomic E-state index is 12.4. The Bertz CT molecular complexity index is 731. The van der Waals surface area contributed by atoms with Crippen molar-refractivity contribution in [3.05, 3.63) is 29.8 Å². The number of nitrogens with one attached hydrogen (secondary N) is 3. The molecule has 0 radical (unpaired) electrons. The molecule has 0 saturated carbocycles. The number of rotatable bonds is 4. The average molecular weight is 345 g/mol. The van der Waals surface area contributed by atoms with Gasteiger partial charge in [0.1, 0.15) is 0 Å². The fourth-order valence-corrected chi connectivity index (χ4v) is 2.92. The average Bonchev–Trinajstić information content (AvgIpc) is 2.87. The first-order chi connectivity index (χ1) is 11.9. The van der Waals surface area contributed by atoms with Crippen molar-refractivity contribution in [3.63, 3.8) is 0 Å². The minimum atomic E-state index is -0.950. The first kappa shape index (κ1) is 16.9. The van der Waals surface area contributed by atoms with Gasteiger partial charge in [-0.25, -0.2) is 4.79 Å². The van der Waals surface area contributed by atoms with Gasteiger partial charge >= 0.3 is 6.03 Å². The zero-order valence-corrected chi connectivity index (χ0v) is 13.5. The Morgan fingerprint density at radius 2 is 2.00 bits per heavy atom. The van der Waals surface area contributed by atoms with Gasteiger partial charge in [-0.1, -0.05) is 6.07 Å². The molecule has 1 unspecified atom stereocenters. The second kappa shape index (κ2) is 6.89. The molecule has 1 atom stereocenters. The molecule has 132 valence electrons. The highest BCUT2D eigenvalue weighted by atomic mass is 16.2. The van der Waals surface area contributed by atoms with E-state index in [1.807, 2.05) is 5.32 Å². The number of amides is 5. The molecule has 0 aliphatic carbocycles. The molecule has 0 bridgehead atoms. The van der Waals surface area contributed by atoms with Crippen LogP contribution in [0.15, 0.2) is 24.3 Å². The molecule has 2 aliphatic heterocycles. The van der Waals surface area contributed by atoms with E-state index in [2.05, 4.69) is 10.6 Å². The van der Waals surface area contributed by atoms with Gasteiger partial charge in [0.05, 0.1) is 12.0 Å². The summed E-state index contributed by atoms with van der Waals surface area (Å²) >= 11 is 0. The lowest BCUT2D eigenvalue weighted by molar-refractivity contribution is -0.130. The molecule has 5 amide bonds. The molecule has 2 fully saturated rings. The van der Waals surface area contributed by atoms with Crippen LogP contribution in [0.2, 0.25) is 0 Å². The van der Waals surface area contributed by atoms with Gasteiger partial charge < -0.3 is 21.3 Å². The molecule has 2 aliphatic rings. The number of hydrogen-bond acceptors (Lipinski definition) is 5. The lowest BCUT2D eigenvalue weighted by Gasteiger charge is -2.35. The van der Waals surface area contributed by atoms with Crippen molar-refractivity contribution >= 4 is 29.4 Å². The quantitative estimate of drug-likeness (QED) is 0.570. The smallest absolute Gasteiger partial charge is 0.319 e. The first-order valence-corrected chi connectivity index (χ1v) is 7.96. The Labute approximate surface area is 143 Å². The highest BCUT2D eigenvalue weighted by molar-refractivity contribution is 6.05. The van der Waals surface area contributed by atoms with E-state index in [0.29, 0.717) is 12.2 Å². The number of anilines is 1. The predicted molar refractivity (Wildman–Crippen MR) is 88.6 cm³/mol. The van der Waals surface area contributed by atoms with Crippen LogP contribution in [0, 0.1) is 5.92 Å². The van der Waals surface area contributed by atoms with Gasteiger partial charge in [0.2, 0.25) is 11.8 Å². The van der Waals surface area contributed by atoms with Crippen molar-refractivity contribution in [2.24, 2.45) is 11.7 Å². The van der Waals surface area contributed by atoms with E-state index in [9.17, 15) is 19.2 Å². The highest BCUT2D eigenvalue weighted by Gasteiger charge is 2.39. The number of carbonyl (C=O) groups is 4. The van der Waals surface area contributed by atoms with Crippen LogP contribution in [0.25, 0.3) is 0 Å². The topological polar surface area (TPSA) is 134 Å². The second-order valence-corrected chi connectivity index (χ2v) is 6.15. The largest absolute Gasteiger partial charge is 0.351 e. The summed E-state index contributed by atoms with van der Waals surface area (Å²) < 4.78 is 0. The fourth-order valence-electron chi connectivity index (χ4n) is 2.92. The van der Waals surface area contributed by atoms with E-state index in [1.54, 1.807) is 17.0 Å². The van der Waals surface area contributed by atoms with Crippen molar-refractivity contribution in [2.45, 2.75) is 12.5 Å². The van der Waals surface area contributed by atoms with Crippen LogP contribution < -0.4 is 21.7 Å². The van der Waals surface area contributed by atoms with Crippen LogP contribution in [0.3, 0.4) is 0 Å². The molecule has 1 aromatic carbocycles. The Morgan fingerprint density at radius 1 is 1.24 bits per heavy atom. The van der Waals surface area contributed by atoms with Gasteiger partial charge in [0.15, 0.2) is 0 Å². The van der Waals surface area contributed by atoms with Crippen molar-refractivity contribution in [1.82, 2.24) is 15.5 Å². The molecule has 0 aromatic heterocycles. The summed E-state index contributed by atoms with van der Waals surface area (Å²) in [6.45, 7) is 1.92. The van der Waals surface area contributed by atoms with Crippen LogP contribution in [-0.2, 0) is 9.59 Å². The standard InChI is InChI=1S/C16H19N5O4/c17-16(25)20-14(23)9-2-1-3-11(4-9)19-15(24)10-5-13(22)21(8-10)12-6-18-7-12/h1-4,10,12,18H,5-8H2,(H,19,24)(H3,17,20,23,25). The summed E-state index contributed by atoms with van der Waals surface area (Å²) in [5.74, 6) is -1.35. The minimum absolute atomic E-state index is 0.0127. The number of nitrogens with zero attached hydrogens (tertiary/aromatic N) is 1. The molecule has 1 aromatic rings. The molecule has 25 heavy (non-hydrogen) atoms. The number of primary amides is 1. The zero-order valence-electron chi connectivity index (χ0n) is 13.5. The van der Waals surface area contributed by atoms with Crippen LogP contribution in [-0.4, -0.2) is 54.3 Å². The third-order valence-electron chi connectivity index (χ3n) is 4.36. The number of urea groups is 1. The molecule has 3 rings (SSSR count). The van der Waals surface area contributed by atoms with E-state index in [0.717, 1.165) is 13.1 Å². The number of carbonyl (C=O) groups excluding carboxylic acids is 4. The maximum Gasteiger partial charge on any atom is 0.319 e. The summed E-state index contributed by atoms with van der Waals surface area (Å²) in [6, 6.07) is 5.38. The summed E-state index contributed by atoms with van der Waals surface area (Å²) in [7, 11) is 0. The number of hydrogen-bond donors (Lipinski definition) is 4. The lowest BCUT2D eigenvalue weighted by Crippen LogP contribution is -2.57. The first-order valence-electron chi connectivity index (χ1n) is 7.96. The van der Waals surface area contributed by atoms with Crippen LogP contribution in [0.1, 0.15) is 16.8 Å². The van der Waals surface area contributed by atoms with Crippen molar-refractivity contribution in [1.29, 1.82) is 0 Å². The summed E-state index contributed by atoms with van der Waals surface area (Å²) in [4.78, 5) is 48.7. The molecule has 2 saturated heterocycles. The van der Waals surface area contributed by atoms with Gasteiger partial charge in [-0.3, -0.25) is 19.7 Å². The van der Waals surface area contributed by atoms with Crippen LogP contribution >= 0.6 is 0 Å². The molecular weight excluding hydrogens is 326 g/mol. The molecular formula is C16H19N5O4. The van der Waals surface area contributed by atoms with Crippen LogP contribution in [0.4, 0.5) is 10.5 Å². The number of imide groups is 1. The van der Waals surface area contributed by atoms with Gasteiger partial charge in [-0.15, -0.1) is 0 Å². The molecule has 0 spiro atoms. The van der Waals surface area contributed by atoms with Crippen molar-refractivity contribution in [3.8, 4) is 0 Å². The fraction of sp³-hybridized carbons (Fsp3) is 0.375. The normalized spacial score (nSPS) is 20.1. The van der Waals surface area contributed by atoms with Crippen LogP contribution in [0.5, 0.6) is 0 Å². The van der Waals surface area contributed by atoms with E-state index < -0.39 is 17.9 Å². The SMILES string of the molecule is NC(=O)NC(=O)c1cccc(NC(=O)C2CC(=O)N(C3CNC3)C2)c1. The Morgan fingerprint density at radius 3 is 2.64 bits per heavy atom. The summed E-state index contributed by atoms with van der Waals surface area (Å²) in [5, 5.41) is 7.79. The Hall–Kier alpha value is -2.94. The predicted octanol–water partition coefficient (Wildman–Crippen LogP) is -0.746. The molecule has 2 heterocycles. The number of benzene rings is 1. The Balaban J connectivity index is 1.62. The highest BCUT2D eigenvalue weighted by Crippen LogP contribution is 2.23. The third-order valence-corrected chi connectivity index (χ3v) is 4.36. The minimum Gasteiger partial charge on any atom is -0.351 e. The molecule has 9 nitrogen and oxygen atoms in total. The monoisotopic (exact) mass is 345 g/mol. The van der Waals surface area contributed by atoms with Gasteiger partial charge in [0, 0.05) is 37.3 Å². The Kier molecular flexibility index (Phi) is 4.66. The second-order valence-electron chi connectivity index (χ2n) is 6.15. The van der Waals surface area contributed by atoms with Crippen molar-refractivity contribution < 1.29 is 19.2 Å². The summed E-state index contributed by atoms with van der Waals surface area (Å²) in [5.41, 5.74) is 5.53.